The predicted octanol–water partition coefficient (Wildman–Crippen LogP) is 1.52. The van der Waals surface area contributed by atoms with Crippen molar-refractivity contribution in [2.45, 2.75) is 6.82 Å². The van der Waals surface area contributed by atoms with Gasteiger partial charge in [-0.2, -0.15) is 0 Å². The average molecular weight is 238 g/mol. The van der Waals surface area contributed by atoms with Gasteiger partial charge >= 0.3 is 7.05 Å². The summed E-state index contributed by atoms with van der Waals surface area (Å²) in [7, 11) is -0.602. The Morgan fingerprint density at radius 2 is 2.50 bits per heavy atom. The van der Waals surface area contributed by atoms with Crippen LogP contribution in [0.2, 0.25) is 6.82 Å². The van der Waals surface area contributed by atoms with E-state index in [0.29, 0.717) is 18.8 Å². The van der Waals surface area contributed by atoms with Gasteiger partial charge < -0.3 is 15.0 Å². The van der Waals surface area contributed by atoms with Gasteiger partial charge in [-0.1, -0.05) is 17.3 Å². The number of hydrogen-bond donors (Lipinski definition) is 2. The van der Waals surface area contributed by atoms with E-state index < -0.39 is 7.05 Å². The second kappa shape index (κ2) is 6.47. The number of thiophene rings is 1. The largest absolute Gasteiger partial charge is 0.437 e. The highest BCUT2D eigenvalue weighted by Crippen LogP contribution is 2.11. The van der Waals surface area contributed by atoms with E-state index in [2.05, 4.69) is 11.7 Å². The van der Waals surface area contributed by atoms with Crippen molar-refractivity contribution < 1.29 is 10.2 Å². The third-order valence-corrected chi connectivity index (χ3v) is 3.09. The molecular formula is C10H15BN2O2S. The maximum absolute atomic E-state index is 9.53. The fourth-order valence-corrected chi connectivity index (χ4v) is 2.01. The van der Waals surface area contributed by atoms with Crippen LogP contribution in [-0.4, -0.2) is 40.9 Å². The summed E-state index contributed by atoms with van der Waals surface area (Å²) in [5.41, 5.74) is 0.553. The molecule has 0 saturated heterocycles. The van der Waals surface area contributed by atoms with Gasteiger partial charge in [-0.25, -0.2) is 0 Å². The lowest BCUT2D eigenvalue weighted by Gasteiger charge is -2.21. The van der Waals surface area contributed by atoms with Gasteiger partial charge in [-0.3, -0.25) is 0 Å². The Morgan fingerprint density at radius 3 is 2.94 bits per heavy atom. The first kappa shape index (κ1) is 13.0. The molecule has 0 radical (unpaired) electrons. The summed E-state index contributed by atoms with van der Waals surface area (Å²) in [5.74, 6) is 0. The summed E-state index contributed by atoms with van der Waals surface area (Å²) in [4.78, 5) is 2.65. The van der Waals surface area contributed by atoms with Crippen molar-refractivity contribution in [1.29, 1.82) is 0 Å². The molecule has 0 aliphatic heterocycles. The first-order valence-corrected chi connectivity index (χ1v) is 5.84. The van der Waals surface area contributed by atoms with E-state index in [0.717, 1.165) is 4.88 Å². The van der Waals surface area contributed by atoms with Gasteiger partial charge in [-0.05, 0) is 18.3 Å². The Kier molecular flexibility index (Phi) is 5.24. The lowest BCUT2D eigenvalue weighted by Crippen LogP contribution is -2.41. The lowest BCUT2D eigenvalue weighted by molar-refractivity contribution is 0.315. The van der Waals surface area contributed by atoms with E-state index in [9.17, 15) is 5.02 Å². The zero-order valence-electron chi connectivity index (χ0n) is 9.21. The first-order valence-electron chi connectivity index (χ1n) is 4.97. The van der Waals surface area contributed by atoms with Gasteiger partial charge in [0.2, 0.25) is 0 Å². The molecule has 16 heavy (non-hydrogen) atoms. The Balaban J connectivity index is 2.72. The fourth-order valence-electron chi connectivity index (χ4n) is 1.31. The van der Waals surface area contributed by atoms with E-state index in [1.807, 2.05) is 17.5 Å². The number of oxime groups is 1. The Hall–Kier alpha value is -1.11. The second-order valence-corrected chi connectivity index (χ2v) is 4.32. The lowest BCUT2D eigenvalue weighted by atomic mass is 9.84. The van der Waals surface area contributed by atoms with Crippen LogP contribution in [0.15, 0.2) is 35.3 Å². The van der Waals surface area contributed by atoms with Gasteiger partial charge in [-0.15, -0.1) is 17.9 Å². The fraction of sp³-hybridized carbons (Fsp3) is 0.300. The highest BCUT2D eigenvalue weighted by Gasteiger charge is 2.18. The molecule has 0 amide bonds. The summed E-state index contributed by atoms with van der Waals surface area (Å²) < 4.78 is 0. The smallest absolute Gasteiger partial charge is 0.377 e. The maximum atomic E-state index is 9.53. The molecule has 4 nitrogen and oxygen atoms in total. The number of nitrogens with zero attached hydrogens (tertiary/aromatic N) is 2. The molecule has 1 aromatic heterocycles. The molecule has 1 rings (SSSR count). The normalized spacial score (nSPS) is 11.8. The maximum Gasteiger partial charge on any atom is 0.377 e. The molecule has 2 N–H and O–H groups in total. The van der Waals surface area contributed by atoms with Crippen molar-refractivity contribution in [2.75, 3.05) is 13.1 Å². The van der Waals surface area contributed by atoms with Crippen molar-refractivity contribution in [3.05, 3.63) is 35.0 Å². The van der Waals surface area contributed by atoms with Gasteiger partial charge in [0.1, 0.15) is 5.71 Å². The molecule has 86 valence electrons. The van der Waals surface area contributed by atoms with Crippen LogP contribution in [0.1, 0.15) is 4.88 Å². The molecule has 6 heteroatoms. The van der Waals surface area contributed by atoms with Crippen molar-refractivity contribution in [3.8, 4) is 0 Å². The summed E-state index contributed by atoms with van der Waals surface area (Å²) in [6.07, 6.45) is 1.70. The number of rotatable bonds is 6. The van der Waals surface area contributed by atoms with Crippen LogP contribution in [0.5, 0.6) is 0 Å². The van der Waals surface area contributed by atoms with Gasteiger partial charge in [0.15, 0.2) is 0 Å². The molecule has 0 spiro atoms. The van der Waals surface area contributed by atoms with Crippen molar-refractivity contribution >= 4 is 24.1 Å². The molecule has 0 aromatic carbocycles. The van der Waals surface area contributed by atoms with Crippen LogP contribution in [0.3, 0.4) is 0 Å². The molecule has 0 aliphatic carbocycles. The van der Waals surface area contributed by atoms with Gasteiger partial charge in [0.05, 0.1) is 4.88 Å². The molecule has 0 aliphatic rings. The number of hydrogen-bond acceptors (Lipinski definition) is 5. The zero-order valence-corrected chi connectivity index (χ0v) is 10.0. The van der Waals surface area contributed by atoms with E-state index in [1.165, 1.54) is 11.3 Å². The van der Waals surface area contributed by atoms with Gasteiger partial charge in [0, 0.05) is 13.1 Å². The monoisotopic (exact) mass is 238 g/mol. The molecule has 0 unspecified atom stereocenters. The molecule has 1 heterocycles. The van der Waals surface area contributed by atoms with Crippen LogP contribution in [0.25, 0.3) is 0 Å². The minimum Gasteiger partial charge on any atom is -0.437 e. The van der Waals surface area contributed by atoms with E-state index in [-0.39, 0.29) is 0 Å². The highest BCUT2D eigenvalue weighted by atomic mass is 32.1. The summed E-state index contributed by atoms with van der Waals surface area (Å²) in [5, 5.41) is 23.7. The first-order chi connectivity index (χ1) is 7.69. The topological polar surface area (TPSA) is 56.1 Å². The summed E-state index contributed by atoms with van der Waals surface area (Å²) in [6, 6.07) is 3.78. The highest BCUT2D eigenvalue weighted by molar-refractivity contribution is 7.12. The van der Waals surface area contributed by atoms with Crippen LogP contribution >= 0.6 is 11.3 Å². The average Bonchev–Trinajstić information content (AvgIpc) is 2.77. The standard InChI is InChI=1S/C10H15BN2O2S/c1-3-6-13(11(2)14)8-9(12-15)10-5-4-7-16-10/h3-5,7,14-15H,1,6,8H2,2H3. The van der Waals surface area contributed by atoms with Crippen molar-refractivity contribution in [2.24, 2.45) is 5.16 Å². The van der Waals surface area contributed by atoms with Crippen LogP contribution in [0.4, 0.5) is 0 Å². The van der Waals surface area contributed by atoms with Gasteiger partial charge in [0.25, 0.3) is 0 Å². The predicted molar refractivity (Wildman–Crippen MR) is 68.2 cm³/mol. The van der Waals surface area contributed by atoms with Crippen molar-refractivity contribution in [3.63, 3.8) is 0 Å². The summed E-state index contributed by atoms with van der Waals surface area (Å²) in [6.45, 7) is 6.23. The van der Waals surface area contributed by atoms with Crippen LogP contribution in [0, 0.1) is 0 Å². The SMILES string of the molecule is C=CCN(CC(=NO)c1cccs1)B(C)O. The Bertz CT molecular complexity index is 352. The Labute approximate surface area is 99.6 Å². The van der Waals surface area contributed by atoms with Crippen LogP contribution < -0.4 is 0 Å². The van der Waals surface area contributed by atoms with E-state index in [1.54, 1.807) is 17.7 Å². The zero-order chi connectivity index (χ0) is 12.0. The third-order valence-electron chi connectivity index (χ3n) is 2.17. The molecular weight excluding hydrogens is 223 g/mol. The Morgan fingerprint density at radius 1 is 1.75 bits per heavy atom. The minimum atomic E-state index is -0.602. The molecule has 0 atom stereocenters. The molecule has 1 aromatic rings. The molecule has 0 bridgehead atoms. The molecule has 0 saturated carbocycles. The van der Waals surface area contributed by atoms with Crippen molar-refractivity contribution in [1.82, 2.24) is 4.81 Å². The van der Waals surface area contributed by atoms with E-state index in [4.69, 9.17) is 5.21 Å². The second-order valence-electron chi connectivity index (χ2n) is 3.37. The van der Waals surface area contributed by atoms with Crippen LogP contribution in [-0.2, 0) is 0 Å². The summed E-state index contributed by atoms with van der Waals surface area (Å²) >= 11 is 1.50. The quantitative estimate of drug-likeness (QED) is 0.260. The third kappa shape index (κ3) is 3.48. The molecule has 0 fully saturated rings. The van der Waals surface area contributed by atoms with E-state index >= 15 is 0 Å². The minimum absolute atomic E-state index is 0.390.